The van der Waals surface area contributed by atoms with Crippen molar-refractivity contribution >= 4 is 0 Å². The van der Waals surface area contributed by atoms with Gasteiger partial charge in [-0.15, -0.1) is 0 Å². The zero-order chi connectivity index (χ0) is 13.1. The van der Waals surface area contributed by atoms with Gasteiger partial charge in [-0.2, -0.15) is 0 Å². The topological polar surface area (TPSA) is 21.3 Å². The van der Waals surface area contributed by atoms with Crippen molar-refractivity contribution in [3.63, 3.8) is 0 Å². The molecule has 2 heteroatoms. The summed E-state index contributed by atoms with van der Waals surface area (Å²) in [5.41, 5.74) is 0.491. The molecular formula is C15H33NO. The predicted molar refractivity (Wildman–Crippen MR) is 76.4 cm³/mol. The summed E-state index contributed by atoms with van der Waals surface area (Å²) in [5, 5.41) is 3.56. The fourth-order valence-corrected chi connectivity index (χ4v) is 2.58. The fourth-order valence-electron chi connectivity index (χ4n) is 2.58. The number of hydrogen-bond donors (Lipinski definition) is 1. The first-order chi connectivity index (χ1) is 8.17. The molecule has 0 aromatic rings. The van der Waals surface area contributed by atoms with Crippen LogP contribution >= 0.6 is 0 Å². The van der Waals surface area contributed by atoms with Crippen LogP contribution in [0.15, 0.2) is 0 Å². The number of hydrogen-bond acceptors (Lipinski definition) is 2. The minimum Gasteiger partial charge on any atom is -0.383 e. The van der Waals surface area contributed by atoms with Gasteiger partial charge >= 0.3 is 0 Å². The van der Waals surface area contributed by atoms with Crippen LogP contribution < -0.4 is 5.32 Å². The monoisotopic (exact) mass is 243 g/mol. The molecule has 104 valence electrons. The lowest BCUT2D eigenvalue weighted by molar-refractivity contribution is 0.163. The molecule has 0 heterocycles. The smallest absolute Gasteiger partial charge is 0.0587 e. The molecule has 0 atom stereocenters. The molecule has 0 aliphatic rings. The molecule has 1 N–H and O–H groups in total. The Balaban J connectivity index is 4.23. The van der Waals surface area contributed by atoms with Gasteiger partial charge in [0.1, 0.15) is 0 Å². The van der Waals surface area contributed by atoms with Gasteiger partial charge in [0.25, 0.3) is 0 Å². The summed E-state index contributed by atoms with van der Waals surface area (Å²) in [6, 6.07) is 0. The molecule has 0 aliphatic carbocycles. The molecule has 0 aromatic carbocycles. The van der Waals surface area contributed by atoms with Crippen LogP contribution in [0.1, 0.15) is 59.8 Å². The van der Waals surface area contributed by atoms with E-state index in [4.69, 9.17) is 4.74 Å². The SMILES string of the molecule is CCC(CC)CC(CC)(CC)CNCCOC. The minimum absolute atomic E-state index is 0.491. The highest BCUT2D eigenvalue weighted by molar-refractivity contribution is 4.81. The molecule has 0 saturated carbocycles. The minimum atomic E-state index is 0.491. The third kappa shape index (κ3) is 6.42. The lowest BCUT2D eigenvalue weighted by Crippen LogP contribution is -2.36. The zero-order valence-electron chi connectivity index (χ0n) is 12.6. The van der Waals surface area contributed by atoms with Crippen LogP contribution in [0.2, 0.25) is 0 Å². The van der Waals surface area contributed by atoms with E-state index in [-0.39, 0.29) is 0 Å². The van der Waals surface area contributed by atoms with E-state index in [1.54, 1.807) is 7.11 Å². The van der Waals surface area contributed by atoms with Crippen molar-refractivity contribution in [2.45, 2.75) is 59.8 Å². The highest BCUT2D eigenvalue weighted by Gasteiger charge is 2.28. The highest BCUT2D eigenvalue weighted by atomic mass is 16.5. The van der Waals surface area contributed by atoms with Crippen molar-refractivity contribution in [3.05, 3.63) is 0 Å². The van der Waals surface area contributed by atoms with Crippen LogP contribution in [-0.4, -0.2) is 26.8 Å². The average Bonchev–Trinajstić information content (AvgIpc) is 2.39. The first kappa shape index (κ1) is 16.9. The third-order valence-corrected chi connectivity index (χ3v) is 4.36. The second kappa shape index (κ2) is 9.90. The standard InChI is InChI=1S/C15H33NO/c1-6-14(7-2)12-15(8-3,9-4)13-16-10-11-17-5/h14,16H,6-13H2,1-5H3. The third-order valence-electron chi connectivity index (χ3n) is 4.36. The van der Waals surface area contributed by atoms with Gasteiger partial charge in [0.15, 0.2) is 0 Å². The zero-order valence-corrected chi connectivity index (χ0v) is 12.6. The van der Waals surface area contributed by atoms with E-state index in [1.165, 1.54) is 32.1 Å². The molecule has 0 aliphatic heterocycles. The molecule has 0 bridgehead atoms. The molecule has 0 amide bonds. The molecule has 0 saturated heterocycles. The van der Waals surface area contributed by atoms with Crippen LogP contribution in [0.5, 0.6) is 0 Å². The normalized spacial score (nSPS) is 12.4. The van der Waals surface area contributed by atoms with E-state index in [0.29, 0.717) is 5.41 Å². The Kier molecular flexibility index (Phi) is 9.85. The summed E-state index contributed by atoms with van der Waals surface area (Å²) in [6.45, 7) is 12.2. The van der Waals surface area contributed by atoms with Crippen LogP contribution in [0.25, 0.3) is 0 Å². The predicted octanol–water partition coefficient (Wildman–Crippen LogP) is 3.86. The van der Waals surface area contributed by atoms with Crippen molar-refractivity contribution in [2.24, 2.45) is 11.3 Å². The van der Waals surface area contributed by atoms with E-state index in [0.717, 1.165) is 25.6 Å². The summed E-state index contributed by atoms with van der Waals surface area (Å²) in [7, 11) is 1.76. The number of ether oxygens (including phenoxy) is 1. The highest BCUT2D eigenvalue weighted by Crippen LogP contribution is 2.35. The van der Waals surface area contributed by atoms with Crippen molar-refractivity contribution in [2.75, 3.05) is 26.8 Å². The Morgan fingerprint density at radius 3 is 2.06 bits per heavy atom. The lowest BCUT2D eigenvalue weighted by atomic mass is 9.73. The molecule has 0 fully saturated rings. The van der Waals surface area contributed by atoms with E-state index >= 15 is 0 Å². The van der Waals surface area contributed by atoms with Gasteiger partial charge < -0.3 is 10.1 Å². The van der Waals surface area contributed by atoms with E-state index in [9.17, 15) is 0 Å². The van der Waals surface area contributed by atoms with Gasteiger partial charge in [0.2, 0.25) is 0 Å². The van der Waals surface area contributed by atoms with Crippen LogP contribution in [0.4, 0.5) is 0 Å². The van der Waals surface area contributed by atoms with Crippen molar-refractivity contribution < 1.29 is 4.74 Å². The summed E-state index contributed by atoms with van der Waals surface area (Å²) in [6.07, 6.45) is 6.56. The molecule has 0 unspecified atom stereocenters. The summed E-state index contributed by atoms with van der Waals surface area (Å²) < 4.78 is 5.08. The summed E-state index contributed by atoms with van der Waals surface area (Å²) in [4.78, 5) is 0. The van der Waals surface area contributed by atoms with E-state index in [1.807, 2.05) is 0 Å². The van der Waals surface area contributed by atoms with Crippen LogP contribution in [-0.2, 0) is 4.74 Å². The van der Waals surface area contributed by atoms with Crippen molar-refractivity contribution in [1.82, 2.24) is 5.32 Å². The van der Waals surface area contributed by atoms with Gasteiger partial charge in [0, 0.05) is 20.2 Å². The van der Waals surface area contributed by atoms with Crippen molar-refractivity contribution in [3.8, 4) is 0 Å². The largest absolute Gasteiger partial charge is 0.383 e. The second-order valence-corrected chi connectivity index (χ2v) is 5.26. The molecule has 17 heavy (non-hydrogen) atoms. The van der Waals surface area contributed by atoms with Gasteiger partial charge in [-0.25, -0.2) is 0 Å². The van der Waals surface area contributed by atoms with E-state index < -0.39 is 0 Å². The summed E-state index contributed by atoms with van der Waals surface area (Å²) in [5.74, 6) is 0.888. The first-order valence-electron chi connectivity index (χ1n) is 7.37. The van der Waals surface area contributed by atoms with Crippen LogP contribution in [0, 0.1) is 11.3 Å². The maximum Gasteiger partial charge on any atom is 0.0587 e. The Morgan fingerprint density at radius 2 is 1.65 bits per heavy atom. The second-order valence-electron chi connectivity index (χ2n) is 5.26. The Morgan fingerprint density at radius 1 is 1.06 bits per heavy atom. The fraction of sp³-hybridized carbons (Fsp3) is 1.00. The van der Waals surface area contributed by atoms with Gasteiger partial charge in [-0.05, 0) is 30.6 Å². The van der Waals surface area contributed by atoms with Gasteiger partial charge in [0.05, 0.1) is 6.61 Å². The molecule has 0 rings (SSSR count). The number of methoxy groups -OCH3 is 1. The van der Waals surface area contributed by atoms with Gasteiger partial charge in [-0.1, -0.05) is 40.5 Å². The van der Waals surface area contributed by atoms with Gasteiger partial charge in [-0.3, -0.25) is 0 Å². The Labute approximate surface area is 109 Å². The molecular weight excluding hydrogens is 210 g/mol. The Hall–Kier alpha value is -0.0800. The van der Waals surface area contributed by atoms with E-state index in [2.05, 4.69) is 33.0 Å². The quantitative estimate of drug-likeness (QED) is 0.556. The number of rotatable bonds is 11. The Bertz CT molecular complexity index is 162. The lowest BCUT2D eigenvalue weighted by Gasteiger charge is -2.35. The molecule has 0 radical (unpaired) electrons. The maximum atomic E-state index is 5.08. The molecule has 2 nitrogen and oxygen atoms in total. The summed E-state index contributed by atoms with van der Waals surface area (Å²) >= 11 is 0. The molecule has 0 spiro atoms. The average molecular weight is 243 g/mol. The van der Waals surface area contributed by atoms with Crippen molar-refractivity contribution in [1.29, 1.82) is 0 Å². The molecule has 0 aromatic heterocycles. The first-order valence-corrected chi connectivity index (χ1v) is 7.37. The number of nitrogens with one attached hydrogen (secondary N) is 1. The maximum absolute atomic E-state index is 5.08. The van der Waals surface area contributed by atoms with Crippen LogP contribution in [0.3, 0.4) is 0 Å².